The first-order chi connectivity index (χ1) is 9.56. The van der Waals surface area contributed by atoms with E-state index in [1.807, 2.05) is 18.2 Å². The molecule has 0 aliphatic heterocycles. The molecular formula is C16H14F3N. The van der Waals surface area contributed by atoms with Gasteiger partial charge in [-0.05, 0) is 53.6 Å². The van der Waals surface area contributed by atoms with Crippen molar-refractivity contribution in [3.8, 4) is 0 Å². The molecule has 104 valence electrons. The lowest BCUT2D eigenvalue weighted by molar-refractivity contribution is 0.444. The monoisotopic (exact) mass is 277 g/mol. The van der Waals surface area contributed by atoms with E-state index in [0.717, 1.165) is 37.0 Å². The molecule has 4 heteroatoms. The summed E-state index contributed by atoms with van der Waals surface area (Å²) in [5, 5.41) is 0. The van der Waals surface area contributed by atoms with Gasteiger partial charge in [0.1, 0.15) is 0 Å². The van der Waals surface area contributed by atoms with Crippen molar-refractivity contribution in [2.24, 2.45) is 5.73 Å². The Labute approximate surface area is 115 Å². The Kier molecular flexibility index (Phi) is 3.26. The lowest BCUT2D eigenvalue weighted by Crippen LogP contribution is -2.13. The van der Waals surface area contributed by atoms with Crippen LogP contribution in [0, 0.1) is 17.5 Å². The normalized spacial score (nSPS) is 15.2. The molecule has 1 nitrogen and oxygen atoms in total. The van der Waals surface area contributed by atoms with Crippen molar-refractivity contribution in [2.75, 3.05) is 0 Å². The van der Waals surface area contributed by atoms with Gasteiger partial charge in [0.2, 0.25) is 0 Å². The van der Waals surface area contributed by atoms with Crippen LogP contribution in [0.3, 0.4) is 0 Å². The summed E-state index contributed by atoms with van der Waals surface area (Å²) in [7, 11) is 0. The van der Waals surface area contributed by atoms with Crippen LogP contribution in [-0.2, 0) is 12.8 Å². The first-order valence-corrected chi connectivity index (χ1v) is 6.58. The molecule has 0 heterocycles. The number of aryl methyl sites for hydroxylation is 2. The van der Waals surface area contributed by atoms with Gasteiger partial charge in [0.25, 0.3) is 0 Å². The van der Waals surface area contributed by atoms with Gasteiger partial charge in [0.15, 0.2) is 17.5 Å². The number of halogens is 3. The van der Waals surface area contributed by atoms with Crippen LogP contribution in [0.5, 0.6) is 0 Å². The highest BCUT2D eigenvalue weighted by molar-refractivity contribution is 5.40. The predicted octanol–water partition coefficient (Wildman–Crippen LogP) is 3.64. The molecule has 0 amide bonds. The van der Waals surface area contributed by atoms with Gasteiger partial charge in [-0.15, -0.1) is 0 Å². The molecule has 0 bridgehead atoms. The highest BCUT2D eigenvalue weighted by atomic mass is 19.2. The number of benzene rings is 2. The fourth-order valence-corrected chi connectivity index (χ4v) is 2.73. The maximum Gasteiger partial charge on any atom is 0.194 e. The largest absolute Gasteiger partial charge is 0.320 e. The van der Waals surface area contributed by atoms with Crippen molar-refractivity contribution >= 4 is 0 Å². The number of hydrogen-bond acceptors (Lipinski definition) is 1. The summed E-state index contributed by atoms with van der Waals surface area (Å²) >= 11 is 0. The molecule has 2 aromatic carbocycles. The average molecular weight is 277 g/mol. The predicted molar refractivity (Wildman–Crippen MR) is 70.8 cm³/mol. The van der Waals surface area contributed by atoms with E-state index in [2.05, 4.69) is 0 Å². The molecule has 1 atom stereocenters. The van der Waals surface area contributed by atoms with Crippen LogP contribution < -0.4 is 5.73 Å². The summed E-state index contributed by atoms with van der Waals surface area (Å²) in [6, 6.07) is 7.10. The molecule has 0 fully saturated rings. The SMILES string of the molecule is NC(c1cc(F)c(F)c(F)c1)c1ccc2c(c1)CCC2. The number of rotatable bonds is 2. The minimum Gasteiger partial charge on any atom is -0.320 e. The van der Waals surface area contributed by atoms with Crippen molar-refractivity contribution in [1.82, 2.24) is 0 Å². The van der Waals surface area contributed by atoms with Gasteiger partial charge >= 0.3 is 0 Å². The maximum absolute atomic E-state index is 13.3. The van der Waals surface area contributed by atoms with E-state index in [4.69, 9.17) is 5.73 Å². The van der Waals surface area contributed by atoms with Gasteiger partial charge in [-0.2, -0.15) is 0 Å². The summed E-state index contributed by atoms with van der Waals surface area (Å²) in [5.74, 6) is -3.89. The maximum atomic E-state index is 13.3. The van der Waals surface area contributed by atoms with Crippen LogP contribution in [-0.4, -0.2) is 0 Å². The number of fused-ring (bicyclic) bond motifs is 1. The lowest BCUT2D eigenvalue weighted by Gasteiger charge is -2.14. The summed E-state index contributed by atoms with van der Waals surface area (Å²) in [4.78, 5) is 0. The molecule has 0 saturated carbocycles. The quantitative estimate of drug-likeness (QED) is 0.833. The minimum atomic E-state index is -1.46. The minimum absolute atomic E-state index is 0.236. The zero-order valence-electron chi connectivity index (χ0n) is 10.8. The molecule has 3 rings (SSSR count). The standard InChI is InChI=1S/C16H14F3N/c17-13-7-12(8-14(18)15(13)19)16(20)11-5-4-9-2-1-3-10(9)6-11/h4-8,16H,1-3,20H2. The first kappa shape index (κ1) is 13.2. The molecule has 1 aliphatic rings. The van der Waals surface area contributed by atoms with E-state index < -0.39 is 23.5 Å². The topological polar surface area (TPSA) is 26.0 Å². The Morgan fingerprint density at radius 1 is 0.850 bits per heavy atom. The molecule has 2 aromatic rings. The summed E-state index contributed by atoms with van der Waals surface area (Å²) < 4.78 is 39.5. The Hall–Kier alpha value is -1.81. The highest BCUT2D eigenvalue weighted by Crippen LogP contribution is 2.28. The fourth-order valence-electron chi connectivity index (χ4n) is 2.73. The summed E-state index contributed by atoms with van der Waals surface area (Å²) in [5.41, 5.74) is 9.61. The van der Waals surface area contributed by atoms with Gasteiger partial charge in [-0.3, -0.25) is 0 Å². The molecule has 1 aliphatic carbocycles. The van der Waals surface area contributed by atoms with Crippen molar-refractivity contribution in [2.45, 2.75) is 25.3 Å². The molecule has 20 heavy (non-hydrogen) atoms. The Morgan fingerprint density at radius 2 is 1.50 bits per heavy atom. The van der Waals surface area contributed by atoms with E-state index in [1.54, 1.807) is 0 Å². The zero-order chi connectivity index (χ0) is 14.3. The molecule has 1 unspecified atom stereocenters. The third-order valence-electron chi connectivity index (χ3n) is 3.85. The first-order valence-electron chi connectivity index (χ1n) is 6.58. The fraction of sp³-hybridized carbons (Fsp3) is 0.250. The number of hydrogen-bond donors (Lipinski definition) is 1. The lowest BCUT2D eigenvalue weighted by atomic mass is 9.96. The van der Waals surface area contributed by atoms with Crippen molar-refractivity contribution < 1.29 is 13.2 Å². The second-order valence-corrected chi connectivity index (χ2v) is 5.16. The Morgan fingerprint density at radius 3 is 2.20 bits per heavy atom. The van der Waals surface area contributed by atoms with E-state index in [1.165, 1.54) is 11.1 Å². The van der Waals surface area contributed by atoms with Crippen molar-refractivity contribution in [3.63, 3.8) is 0 Å². The van der Waals surface area contributed by atoms with Gasteiger partial charge < -0.3 is 5.73 Å². The molecular weight excluding hydrogens is 263 g/mol. The third kappa shape index (κ3) is 2.20. The smallest absolute Gasteiger partial charge is 0.194 e. The molecule has 0 saturated heterocycles. The van der Waals surface area contributed by atoms with Gasteiger partial charge in [0.05, 0.1) is 6.04 Å². The van der Waals surface area contributed by atoms with Gasteiger partial charge in [0, 0.05) is 0 Å². The van der Waals surface area contributed by atoms with E-state index in [9.17, 15) is 13.2 Å². The Balaban J connectivity index is 1.98. The molecule has 0 spiro atoms. The van der Waals surface area contributed by atoms with Gasteiger partial charge in [-0.25, -0.2) is 13.2 Å². The van der Waals surface area contributed by atoms with Crippen LogP contribution in [0.25, 0.3) is 0 Å². The second-order valence-electron chi connectivity index (χ2n) is 5.16. The van der Waals surface area contributed by atoms with Crippen LogP contribution in [0.1, 0.15) is 34.7 Å². The van der Waals surface area contributed by atoms with E-state index >= 15 is 0 Å². The van der Waals surface area contributed by atoms with Gasteiger partial charge in [-0.1, -0.05) is 18.2 Å². The second kappa shape index (κ2) is 4.94. The summed E-state index contributed by atoms with van der Waals surface area (Å²) in [6.45, 7) is 0. The van der Waals surface area contributed by atoms with Crippen LogP contribution in [0.4, 0.5) is 13.2 Å². The van der Waals surface area contributed by atoms with Crippen molar-refractivity contribution in [1.29, 1.82) is 0 Å². The van der Waals surface area contributed by atoms with E-state index in [-0.39, 0.29) is 5.56 Å². The van der Waals surface area contributed by atoms with E-state index in [0.29, 0.717) is 0 Å². The average Bonchev–Trinajstić information content (AvgIpc) is 2.90. The highest BCUT2D eigenvalue weighted by Gasteiger charge is 2.18. The molecule has 0 aromatic heterocycles. The van der Waals surface area contributed by atoms with Crippen LogP contribution >= 0.6 is 0 Å². The third-order valence-corrected chi connectivity index (χ3v) is 3.85. The molecule has 0 radical (unpaired) electrons. The van der Waals surface area contributed by atoms with Crippen LogP contribution in [0.15, 0.2) is 30.3 Å². The summed E-state index contributed by atoms with van der Waals surface area (Å²) in [6.07, 6.45) is 3.18. The van der Waals surface area contributed by atoms with Crippen molar-refractivity contribution in [3.05, 3.63) is 70.0 Å². The molecule has 2 N–H and O–H groups in total. The van der Waals surface area contributed by atoms with Crippen LogP contribution in [0.2, 0.25) is 0 Å². The number of nitrogens with two attached hydrogens (primary N) is 1. The Bertz CT molecular complexity index is 644. The zero-order valence-corrected chi connectivity index (χ0v) is 10.8.